The van der Waals surface area contributed by atoms with Gasteiger partial charge in [0.25, 0.3) is 0 Å². The zero-order valence-electron chi connectivity index (χ0n) is 9.55. The Morgan fingerprint density at radius 1 is 1.40 bits per heavy atom. The summed E-state index contributed by atoms with van der Waals surface area (Å²) in [4.78, 5) is 0. The van der Waals surface area contributed by atoms with Gasteiger partial charge in [0.05, 0.1) is 7.11 Å². The first-order chi connectivity index (χ1) is 7.22. The van der Waals surface area contributed by atoms with E-state index in [4.69, 9.17) is 10.5 Å². The van der Waals surface area contributed by atoms with Crippen LogP contribution in [0, 0.1) is 6.92 Å². The molecule has 1 aromatic carbocycles. The monoisotopic (exact) mass is 205 g/mol. The van der Waals surface area contributed by atoms with Crippen LogP contribution in [0.15, 0.2) is 18.2 Å². The van der Waals surface area contributed by atoms with E-state index < -0.39 is 0 Å². The van der Waals surface area contributed by atoms with Crippen LogP contribution in [0.25, 0.3) is 0 Å². The quantitative estimate of drug-likeness (QED) is 0.822. The largest absolute Gasteiger partial charge is 0.496 e. The first-order valence-corrected chi connectivity index (χ1v) is 5.57. The topological polar surface area (TPSA) is 35.2 Å². The molecule has 1 aliphatic rings. The van der Waals surface area contributed by atoms with Crippen molar-refractivity contribution in [2.24, 2.45) is 5.73 Å². The highest BCUT2D eigenvalue weighted by Gasteiger charge is 2.39. The highest BCUT2D eigenvalue weighted by molar-refractivity contribution is 5.43. The molecule has 0 heterocycles. The average Bonchev–Trinajstić information content (AvgIpc) is 2.19. The maximum Gasteiger partial charge on any atom is 0.122 e. The van der Waals surface area contributed by atoms with Gasteiger partial charge in [-0.3, -0.25) is 0 Å². The van der Waals surface area contributed by atoms with Crippen LogP contribution in [0.2, 0.25) is 0 Å². The molecular weight excluding hydrogens is 186 g/mol. The van der Waals surface area contributed by atoms with Crippen molar-refractivity contribution in [1.29, 1.82) is 0 Å². The summed E-state index contributed by atoms with van der Waals surface area (Å²) in [5, 5.41) is 0. The van der Waals surface area contributed by atoms with Crippen molar-refractivity contribution in [2.45, 2.75) is 31.6 Å². The van der Waals surface area contributed by atoms with E-state index in [9.17, 15) is 0 Å². The molecule has 2 nitrogen and oxygen atoms in total. The molecule has 0 saturated heterocycles. The van der Waals surface area contributed by atoms with Crippen LogP contribution >= 0.6 is 0 Å². The van der Waals surface area contributed by atoms with Gasteiger partial charge in [0, 0.05) is 17.5 Å². The highest BCUT2D eigenvalue weighted by atomic mass is 16.5. The normalized spacial score (nSPS) is 18.3. The van der Waals surface area contributed by atoms with E-state index >= 15 is 0 Å². The molecule has 0 unspecified atom stereocenters. The molecule has 0 radical (unpaired) electrons. The lowest BCUT2D eigenvalue weighted by molar-refractivity contribution is 0.243. The van der Waals surface area contributed by atoms with Gasteiger partial charge in [0.2, 0.25) is 0 Å². The summed E-state index contributed by atoms with van der Waals surface area (Å²) in [6.45, 7) is 2.81. The van der Waals surface area contributed by atoms with Gasteiger partial charge in [-0.05, 0) is 31.4 Å². The summed E-state index contributed by atoms with van der Waals surface area (Å²) < 4.78 is 5.45. The second kappa shape index (κ2) is 3.86. The molecule has 1 aliphatic carbocycles. The van der Waals surface area contributed by atoms with Crippen molar-refractivity contribution >= 4 is 0 Å². The summed E-state index contributed by atoms with van der Waals surface area (Å²) >= 11 is 0. The van der Waals surface area contributed by atoms with Crippen LogP contribution in [0.4, 0.5) is 0 Å². The third kappa shape index (κ3) is 1.63. The maximum absolute atomic E-state index is 5.91. The molecule has 1 aromatic rings. The van der Waals surface area contributed by atoms with Crippen LogP contribution in [-0.2, 0) is 5.41 Å². The average molecular weight is 205 g/mol. The Kier molecular flexibility index (Phi) is 2.70. The fourth-order valence-electron chi connectivity index (χ4n) is 2.42. The third-order valence-corrected chi connectivity index (χ3v) is 3.63. The Balaban J connectivity index is 2.42. The van der Waals surface area contributed by atoms with Gasteiger partial charge in [-0.15, -0.1) is 0 Å². The SMILES string of the molecule is COc1cc(C)ccc1C1(CN)CCC1. The number of nitrogens with two attached hydrogens (primary N) is 1. The fraction of sp³-hybridized carbons (Fsp3) is 0.538. The van der Waals surface area contributed by atoms with E-state index in [0.717, 1.165) is 12.3 Å². The number of hydrogen-bond acceptors (Lipinski definition) is 2. The van der Waals surface area contributed by atoms with Gasteiger partial charge in [-0.2, -0.15) is 0 Å². The molecule has 1 saturated carbocycles. The van der Waals surface area contributed by atoms with Crippen LogP contribution in [0.3, 0.4) is 0 Å². The van der Waals surface area contributed by atoms with Crippen LogP contribution in [0.1, 0.15) is 30.4 Å². The predicted molar refractivity (Wildman–Crippen MR) is 62.3 cm³/mol. The van der Waals surface area contributed by atoms with E-state index in [1.54, 1.807) is 7.11 Å². The van der Waals surface area contributed by atoms with E-state index in [-0.39, 0.29) is 5.41 Å². The van der Waals surface area contributed by atoms with Crippen LogP contribution in [0.5, 0.6) is 5.75 Å². The molecule has 15 heavy (non-hydrogen) atoms. The number of aryl methyl sites for hydroxylation is 1. The second-order valence-corrected chi connectivity index (χ2v) is 4.54. The van der Waals surface area contributed by atoms with E-state index in [1.807, 2.05) is 0 Å². The molecule has 82 valence electrons. The van der Waals surface area contributed by atoms with Crippen molar-refractivity contribution < 1.29 is 4.74 Å². The van der Waals surface area contributed by atoms with Crippen molar-refractivity contribution in [2.75, 3.05) is 13.7 Å². The summed E-state index contributed by atoms with van der Waals surface area (Å²) in [5.74, 6) is 1.00. The fourth-order valence-corrected chi connectivity index (χ4v) is 2.42. The molecule has 0 atom stereocenters. The Labute approximate surface area is 91.4 Å². The zero-order valence-corrected chi connectivity index (χ0v) is 9.55. The molecule has 0 aliphatic heterocycles. The van der Waals surface area contributed by atoms with Crippen molar-refractivity contribution in [3.8, 4) is 5.75 Å². The standard InChI is InChI=1S/C13H19NO/c1-10-4-5-11(12(8-10)15-2)13(9-14)6-3-7-13/h4-5,8H,3,6-7,9,14H2,1-2H3. The van der Waals surface area contributed by atoms with Gasteiger partial charge in [0.1, 0.15) is 5.75 Å². The molecule has 2 rings (SSSR count). The second-order valence-electron chi connectivity index (χ2n) is 4.54. The first kappa shape index (κ1) is 10.5. The molecule has 2 N–H and O–H groups in total. The molecule has 0 spiro atoms. The van der Waals surface area contributed by atoms with E-state index in [1.165, 1.54) is 30.4 Å². The van der Waals surface area contributed by atoms with Crippen molar-refractivity contribution in [1.82, 2.24) is 0 Å². The summed E-state index contributed by atoms with van der Waals surface area (Å²) in [6, 6.07) is 6.43. The molecule has 0 bridgehead atoms. The van der Waals surface area contributed by atoms with Gasteiger partial charge in [-0.1, -0.05) is 18.6 Å². The highest BCUT2D eigenvalue weighted by Crippen LogP contribution is 2.46. The van der Waals surface area contributed by atoms with Gasteiger partial charge in [0.15, 0.2) is 0 Å². The van der Waals surface area contributed by atoms with Gasteiger partial charge in [-0.25, -0.2) is 0 Å². The molecular formula is C13H19NO. The lowest BCUT2D eigenvalue weighted by Crippen LogP contribution is -2.41. The number of rotatable bonds is 3. The minimum Gasteiger partial charge on any atom is -0.496 e. The van der Waals surface area contributed by atoms with Gasteiger partial charge >= 0.3 is 0 Å². The van der Waals surface area contributed by atoms with Crippen LogP contribution in [-0.4, -0.2) is 13.7 Å². The molecule has 2 heteroatoms. The Hall–Kier alpha value is -1.02. The van der Waals surface area contributed by atoms with Gasteiger partial charge < -0.3 is 10.5 Å². The summed E-state index contributed by atoms with van der Waals surface area (Å²) in [7, 11) is 1.74. The number of ether oxygens (including phenoxy) is 1. The lowest BCUT2D eigenvalue weighted by Gasteiger charge is -2.42. The minimum atomic E-state index is 0.193. The van der Waals surface area contributed by atoms with E-state index in [2.05, 4.69) is 25.1 Å². The van der Waals surface area contributed by atoms with Crippen molar-refractivity contribution in [3.63, 3.8) is 0 Å². The minimum absolute atomic E-state index is 0.193. The van der Waals surface area contributed by atoms with Crippen molar-refractivity contribution in [3.05, 3.63) is 29.3 Å². The molecule has 0 aromatic heterocycles. The van der Waals surface area contributed by atoms with Crippen LogP contribution < -0.4 is 10.5 Å². The number of hydrogen-bond donors (Lipinski definition) is 1. The number of methoxy groups -OCH3 is 1. The number of benzene rings is 1. The molecule has 0 amide bonds. The van der Waals surface area contributed by atoms with E-state index in [0.29, 0.717) is 0 Å². The lowest BCUT2D eigenvalue weighted by atomic mass is 9.64. The zero-order chi connectivity index (χ0) is 10.9. The smallest absolute Gasteiger partial charge is 0.122 e. The maximum atomic E-state index is 5.91. The summed E-state index contributed by atoms with van der Waals surface area (Å²) in [5.41, 5.74) is 8.63. The predicted octanol–water partition coefficient (Wildman–Crippen LogP) is 2.38. The third-order valence-electron chi connectivity index (χ3n) is 3.63. The summed E-state index contributed by atoms with van der Waals surface area (Å²) in [6.07, 6.45) is 3.68. The Bertz CT molecular complexity index is 350. The Morgan fingerprint density at radius 2 is 2.13 bits per heavy atom. The Morgan fingerprint density at radius 3 is 2.60 bits per heavy atom. The first-order valence-electron chi connectivity index (χ1n) is 5.57. The molecule has 1 fully saturated rings.